The summed E-state index contributed by atoms with van der Waals surface area (Å²) in [7, 11) is 0. The van der Waals surface area contributed by atoms with Gasteiger partial charge in [-0.25, -0.2) is 4.79 Å². The molecule has 0 fully saturated rings. The van der Waals surface area contributed by atoms with Gasteiger partial charge in [-0.1, -0.05) is 0 Å². The summed E-state index contributed by atoms with van der Waals surface area (Å²) in [5.41, 5.74) is 0. The van der Waals surface area contributed by atoms with Crippen LogP contribution in [0.15, 0.2) is 0 Å². The van der Waals surface area contributed by atoms with Crippen molar-refractivity contribution in [3.05, 3.63) is 0 Å². The standard InChI is InChI=1S/C5H10O3S.Na.H/c1-9-3-2-4(6)5(7)8;;/h4,6H,2-3H2,1H3,(H,7,8);;/q;+1;-1/t4-;;/m0../s1. The normalized spacial score (nSPS) is 11.8. The van der Waals surface area contributed by atoms with Gasteiger partial charge in [0.25, 0.3) is 0 Å². The first-order valence-electron chi connectivity index (χ1n) is 2.58. The van der Waals surface area contributed by atoms with Crippen molar-refractivity contribution in [3.8, 4) is 0 Å². The van der Waals surface area contributed by atoms with Crippen molar-refractivity contribution in [1.82, 2.24) is 0 Å². The van der Waals surface area contributed by atoms with Crippen molar-refractivity contribution in [3.63, 3.8) is 0 Å². The van der Waals surface area contributed by atoms with Gasteiger partial charge in [0.2, 0.25) is 0 Å². The molecule has 0 aromatic carbocycles. The van der Waals surface area contributed by atoms with Crippen LogP contribution in [0.5, 0.6) is 0 Å². The topological polar surface area (TPSA) is 57.5 Å². The molecule has 0 saturated heterocycles. The monoisotopic (exact) mass is 174 g/mol. The first-order chi connectivity index (χ1) is 4.18. The van der Waals surface area contributed by atoms with Crippen molar-refractivity contribution in [1.29, 1.82) is 0 Å². The van der Waals surface area contributed by atoms with E-state index in [0.29, 0.717) is 12.2 Å². The zero-order valence-corrected chi connectivity index (χ0v) is 9.02. The second kappa shape index (κ2) is 7.88. The van der Waals surface area contributed by atoms with Gasteiger partial charge >= 0.3 is 35.5 Å². The van der Waals surface area contributed by atoms with Gasteiger partial charge in [0.15, 0.2) is 6.10 Å². The van der Waals surface area contributed by atoms with E-state index in [2.05, 4.69) is 0 Å². The van der Waals surface area contributed by atoms with Gasteiger partial charge in [0.1, 0.15) is 0 Å². The molecule has 0 aliphatic carbocycles. The van der Waals surface area contributed by atoms with E-state index in [1.54, 1.807) is 0 Å². The molecule has 5 heteroatoms. The Bertz CT molecular complexity index is 104. The van der Waals surface area contributed by atoms with Crippen LogP contribution in [0.2, 0.25) is 0 Å². The van der Waals surface area contributed by atoms with Gasteiger partial charge in [0, 0.05) is 0 Å². The smallest absolute Gasteiger partial charge is 1.00 e. The van der Waals surface area contributed by atoms with Crippen LogP contribution in [-0.2, 0) is 4.79 Å². The number of hydrogen-bond acceptors (Lipinski definition) is 3. The summed E-state index contributed by atoms with van der Waals surface area (Å²) in [6.07, 6.45) is 1.02. The molecule has 0 amide bonds. The molecule has 3 nitrogen and oxygen atoms in total. The molecule has 0 aromatic rings. The summed E-state index contributed by atoms with van der Waals surface area (Å²) in [4.78, 5) is 9.95. The molecule has 0 radical (unpaired) electrons. The number of carbonyl (C=O) groups is 1. The molecule has 2 N–H and O–H groups in total. The molecular formula is C5H11NaO3S. The van der Waals surface area contributed by atoms with E-state index in [1.165, 1.54) is 11.8 Å². The predicted octanol–water partition coefficient (Wildman–Crippen LogP) is -2.70. The Morgan fingerprint density at radius 2 is 2.30 bits per heavy atom. The summed E-state index contributed by atoms with van der Waals surface area (Å²) < 4.78 is 0. The van der Waals surface area contributed by atoms with Crippen LogP contribution in [0.3, 0.4) is 0 Å². The Balaban J connectivity index is -0.000000320. The molecule has 0 spiro atoms. The predicted molar refractivity (Wildman–Crippen MR) is 37.8 cm³/mol. The van der Waals surface area contributed by atoms with Crippen molar-refractivity contribution in [2.45, 2.75) is 12.5 Å². The largest absolute Gasteiger partial charge is 1.00 e. The van der Waals surface area contributed by atoms with Crippen LogP contribution < -0.4 is 29.6 Å². The second-order valence-corrected chi connectivity index (χ2v) is 2.62. The maximum absolute atomic E-state index is 9.95. The van der Waals surface area contributed by atoms with Gasteiger partial charge in [-0.3, -0.25) is 0 Å². The summed E-state index contributed by atoms with van der Waals surface area (Å²) in [5.74, 6) is -0.447. The fraction of sp³-hybridized carbons (Fsp3) is 0.800. The SMILES string of the molecule is CSCC[C@H](O)C(=O)O.[H-].[Na+]. The first kappa shape index (κ1) is 13.4. The molecule has 0 unspecified atom stereocenters. The van der Waals surface area contributed by atoms with Crippen LogP contribution in [0, 0.1) is 0 Å². The number of aliphatic carboxylic acids is 1. The molecule has 0 aliphatic rings. The van der Waals surface area contributed by atoms with Gasteiger partial charge in [-0.05, 0) is 18.4 Å². The van der Waals surface area contributed by atoms with Crippen molar-refractivity contribution < 1.29 is 46.0 Å². The van der Waals surface area contributed by atoms with Crippen LogP contribution in [0.25, 0.3) is 0 Å². The van der Waals surface area contributed by atoms with Crippen LogP contribution >= 0.6 is 11.8 Å². The minimum atomic E-state index is -1.18. The van der Waals surface area contributed by atoms with E-state index in [0.717, 1.165) is 0 Å². The molecular weight excluding hydrogens is 163 g/mol. The average Bonchev–Trinajstić information content (AvgIpc) is 1.82. The summed E-state index contributed by atoms with van der Waals surface area (Å²) in [5, 5.41) is 16.8. The third-order valence-corrected chi connectivity index (χ3v) is 1.52. The first-order valence-corrected chi connectivity index (χ1v) is 3.97. The number of rotatable bonds is 4. The van der Waals surface area contributed by atoms with E-state index < -0.39 is 12.1 Å². The van der Waals surface area contributed by atoms with Crippen molar-refractivity contribution >= 4 is 17.7 Å². The summed E-state index contributed by atoms with van der Waals surface area (Å²) in [6, 6.07) is 0. The fourth-order valence-electron chi connectivity index (χ4n) is 0.353. The minimum absolute atomic E-state index is 0. The van der Waals surface area contributed by atoms with E-state index in [4.69, 9.17) is 10.2 Å². The number of hydrogen-bond donors (Lipinski definition) is 2. The molecule has 0 heterocycles. The molecule has 0 saturated carbocycles. The van der Waals surface area contributed by atoms with E-state index in [-0.39, 0.29) is 31.0 Å². The zero-order valence-electron chi connectivity index (χ0n) is 7.20. The molecule has 0 rings (SSSR count). The molecule has 56 valence electrons. The van der Waals surface area contributed by atoms with E-state index in [1.807, 2.05) is 6.26 Å². The van der Waals surface area contributed by atoms with E-state index >= 15 is 0 Å². The Kier molecular flexibility index (Phi) is 10.5. The molecule has 0 aromatic heterocycles. The molecule has 10 heavy (non-hydrogen) atoms. The Hall–Kier alpha value is 0.780. The van der Waals surface area contributed by atoms with Crippen molar-refractivity contribution in [2.24, 2.45) is 0 Å². The van der Waals surface area contributed by atoms with Crippen LogP contribution in [-0.4, -0.2) is 34.3 Å². The quantitative estimate of drug-likeness (QED) is 0.455. The number of carboxylic acid groups (broad SMARTS) is 1. The van der Waals surface area contributed by atoms with Crippen LogP contribution in [0.1, 0.15) is 7.85 Å². The number of aliphatic hydroxyl groups is 1. The number of thioether (sulfide) groups is 1. The Morgan fingerprint density at radius 3 is 2.60 bits per heavy atom. The maximum atomic E-state index is 9.95. The van der Waals surface area contributed by atoms with Gasteiger partial charge in [0.05, 0.1) is 0 Å². The van der Waals surface area contributed by atoms with Crippen molar-refractivity contribution in [2.75, 3.05) is 12.0 Å². The third-order valence-electron chi connectivity index (χ3n) is 0.880. The number of aliphatic hydroxyl groups excluding tert-OH is 1. The number of carboxylic acids is 1. The summed E-state index contributed by atoms with van der Waals surface area (Å²) >= 11 is 1.52. The Morgan fingerprint density at radius 1 is 1.80 bits per heavy atom. The minimum Gasteiger partial charge on any atom is -1.00 e. The molecule has 0 aliphatic heterocycles. The maximum Gasteiger partial charge on any atom is 1.00 e. The summed E-state index contributed by atoms with van der Waals surface area (Å²) in [6.45, 7) is 0. The van der Waals surface area contributed by atoms with Gasteiger partial charge in [-0.15, -0.1) is 0 Å². The third kappa shape index (κ3) is 6.89. The second-order valence-electron chi connectivity index (χ2n) is 1.64. The molecule has 0 bridgehead atoms. The van der Waals surface area contributed by atoms with Crippen LogP contribution in [0.4, 0.5) is 0 Å². The average molecular weight is 174 g/mol. The fourth-order valence-corrected chi connectivity index (χ4v) is 0.812. The van der Waals surface area contributed by atoms with Gasteiger partial charge in [-0.2, -0.15) is 11.8 Å². The zero-order chi connectivity index (χ0) is 7.28. The Labute approximate surface area is 88.0 Å². The molecule has 1 atom stereocenters. The van der Waals surface area contributed by atoms with E-state index in [9.17, 15) is 4.79 Å². The van der Waals surface area contributed by atoms with Gasteiger partial charge < -0.3 is 11.6 Å².